The lowest BCUT2D eigenvalue weighted by Crippen LogP contribution is -2.47. The van der Waals surface area contributed by atoms with Crippen LogP contribution in [-0.2, 0) is 0 Å². The van der Waals surface area contributed by atoms with E-state index in [0.29, 0.717) is 5.69 Å². The number of alkyl halides is 3. The standard InChI is InChI=1S/C13H17F3N4O/c1-7(2)9-5-8(6-10(18-9)20-17)11(21)19-12(3-4-12)13(14,15)16/h5-7H,3-4,17H2,1-2H3,(H,18,20)(H,19,21). The molecule has 1 aliphatic rings. The Balaban J connectivity index is 2.25. The van der Waals surface area contributed by atoms with Crippen molar-refractivity contribution in [3.05, 3.63) is 23.4 Å². The largest absolute Gasteiger partial charge is 0.411 e. The lowest BCUT2D eigenvalue weighted by Gasteiger charge is -2.21. The van der Waals surface area contributed by atoms with Gasteiger partial charge in [0.05, 0.1) is 0 Å². The Kier molecular flexibility index (Phi) is 3.83. The SMILES string of the molecule is CC(C)c1cc(C(=O)NC2(C(F)(F)F)CC2)cc(NN)n1. The van der Waals surface area contributed by atoms with Crippen molar-refractivity contribution in [3.8, 4) is 0 Å². The highest BCUT2D eigenvalue weighted by Crippen LogP contribution is 2.49. The first kappa shape index (κ1) is 15.6. The number of aromatic nitrogens is 1. The Hall–Kier alpha value is -1.83. The van der Waals surface area contributed by atoms with Crippen LogP contribution in [-0.4, -0.2) is 22.6 Å². The summed E-state index contributed by atoms with van der Waals surface area (Å²) in [7, 11) is 0. The molecule has 4 N–H and O–H groups in total. The van der Waals surface area contributed by atoms with Crippen LogP contribution in [0.4, 0.5) is 19.0 Å². The van der Waals surface area contributed by atoms with Gasteiger partial charge in [0.2, 0.25) is 0 Å². The fourth-order valence-electron chi connectivity index (χ4n) is 1.95. The number of nitrogen functional groups attached to an aromatic ring is 1. The van der Waals surface area contributed by atoms with Crippen molar-refractivity contribution in [3.63, 3.8) is 0 Å². The Morgan fingerprint density at radius 3 is 2.43 bits per heavy atom. The second kappa shape index (κ2) is 5.18. The predicted octanol–water partition coefficient (Wildman–Crippen LogP) is 2.32. The average Bonchev–Trinajstić information content (AvgIpc) is 3.18. The molecule has 1 saturated carbocycles. The van der Waals surface area contributed by atoms with Crippen molar-refractivity contribution >= 4 is 11.7 Å². The summed E-state index contributed by atoms with van der Waals surface area (Å²) in [6.45, 7) is 3.73. The van der Waals surface area contributed by atoms with E-state index in [0.717, 1.165) is 0 Å². The van der Waals surface area contributed by atoms with Crippen molar-refractivity contribution in [2.45, 2.75) is 44.3 Å². The van der Waals surface area contributed by atoms with E-state index in [9.17, 15) is 18.0 Å². The summed E-state index contributed by atoms with van der Waals surface area (Å²) < 4.78 is 38.6. The monoisotopic (exact) mass is 302 g/mol. The summed E-state index contributed by atoms with van der Waals surface area (Å²) in [6, 6.07) is 2.81. The first-order valence-corrected chi connectivity index (χ1v) is 6.56. The van der Waals surface area contributed by atoms with Gasteiger partial charge in [0.15, 0.2) is 0 Å². The summed E-state index contributed by atoms with van der Waals surface area (Å²) in [6.07, 6.45) is -4.62. The number of nitrogens with zero attached hydrogens (tertiary/aromatic N) is 1. The Labute approximate surface area is 120 Å². The van der Waals surface area contributed by atoms with Gasteiger partial charge in [-0.25, -0.2) is 10.8 Å². The Bertz CT molecular complexity index is 553. The van der Waals surface area contributed by atoms with E-state index in [4.69, 9.17) is 5.84 Å². The molecule has 0 bridgehead atoms. The van der Waals surface area contributed by atoms with Gasteiger partial charge in [0.1, 0.15) is 11.4 Å². The van der Waals surface area contributed by atoms with Crippen LogP contribution in [0.1, 0.15) is 48.7 Å². The minimum absolute atomic E-state index is 0.0161. The van der Waals surface area contributed by atoms with E-state index >= 15 is 0 Å². The van der Waals surface area contributed by atoms with Gasteiger partial charge in [-0.1, -0.05) is 13.8 Å². The summed E-state index contributed by atoms with van der Waals surface area (Å²) in [5, 5.41) is 2.08. The van der Waals surface area contributed by atoms with Gasteiger partial charge in [-0.2, -0.15) is 13.2 Å². The fraction of sp³-hybridized carbons (Fsp3) is 0.538. The number of amides is 1. The highest BCUT2D eigenvalue weighted by Gasteiger charge is 2.64. The number of carbonyl (C=O) groups is 1. The molecule has 1 fully saturated rings. The van der Waals surface area contributed by atoms with Crippen LogP contribution in [0.5, 0.6) is 0 Å². The molecule has 5 nitrogen and oxygen atoms in total. The average molecular weight is 302 g/mol. The van der Waals surface area contributed by atoms with E-state index in [1.807, 2.05) is 13.8 Å². The molecule has 1 amide bonds. The van der Waals surface area contributed by atoms with Crippen LogP contribution >= 0.6 is 0 Å². The van der Waals surface area contributed by atoms with Crippen LogP contribution in [0.2, 0.25) is 0 Å². The van der Waals surface area contributed by atoms with Crippen LogP contribution in [0.3, 0.4) is 0 Å². The van der Waals surface area contributed by atoms with E-state index in [1.54, 1.807) is 0 Å². The van der Waals surface area contributed by atoms with E-state index in [1.165, 1.54) is 12.1 Å². The number of hydrazine groups is 1. The molecule has 0 aliphatic heterocycles. The summed E-state index contributed by atoms with van der Waals surface area (Å²) in [5.41, 5.74) is 0.916. The maximum Gasteiger partial charge on any atom is 0.411 e. The summed E-state index contributed by atoms with van der Waals surface area (Å²) in [5.74, 6) is 4.76. The van der Waals surface area contributed by atoms with Gasteiger partial charge in [-0.3, -0.25) is 4.79 Å². The van der Waals surface area contributed by atoms with Crippen molar-refractivity contribution in [2.24, 2.45) is 5.84 Å². The molecular weight excluding hydrogens is 285 g/mol. The van der Waals surface area contributed by atoms with Crippen molar-refractivity contribution in [1.29, 1.82) is 0 Å². The molecule has 0 atom stereocenters. The van der Waals surface area contributed by atoms with Crippen LogP contribution in [0.25, 0.3) is 0 Å². The quantitative estimate of drug-likeness (QED) is 0.589. The molecule has 1 aromatic rings. The van der Waals surface area contributed by atoms with Crippen molar-refractivity contribution < 1.29 is 18.0 Å². The third-order valence-corrected chi connectivity index (χ3v) is 3.49. The van der Waals surface area contributed by atoms with Crippen LogP contribution in [0, 0.1) is 0 Å². The van der Waals surface area contributed by atoms with Crippen molar-refractivity contribution in [2.75, 3.05) is 5.43 Å². The van der Waals surface area contributed by atoms with E-state index in [-0.39, 0.29) is 30.1 Å². The number of pyridine rings is 1. The number of hydrogen-bond donors (Lipinski definition) is 3. The number of rotatable bonds is 4. The van der Waals surface area contributed by atoms with Crippen LogP contribution in [0.15, 0.2) is 12.1 Å². The number of anilines is 1. The van der Waals surface area contributed by atoms with Gasteiger partial charge in [-0.15, -0.1) is 0 Å². The van der Waals surface area contributed by atoms with Gasteiger partial charge in [-0.05, 0) is 30.9 Å². The second-order valence-electron chi connectivity index (χ2n) is 5.50. The number of nitrogens with one attached hydrogen (secondary N) is 2. The molecule has 0 saturated heterocycles. The molecule has 0 radical (unpaired) electrons. The van der Waals surface area contributed by atoms with E-state index in [2.05, 4.69) is 15.7 Å². The lowest BCUT2D eigenvalue weighted by molar-refractivity contribution is -0.163. The molecule has 0 unspecified atom stereocenters. The molecule has 2 rings (SSSR count). The Morgan fingerprint density at radius 1 is 1.38 bits per heavy atom. The number of halogens is 3. The number of nitrogens with two attached hydrogens (primary N) is 1. The maximum absolute atomic E-state index is 12.9. The summed E-state index contributed by atoms with van der Waals surface area (Å²) >= 11 is 0. The third-order valence-electron chi connectivity index (χ3n) is 3.49. The van der Waals surface area contributed by atoms with Gasteiger partial charge in [0, 0.05) is 11.3 Å². The molecule has 0 aromatic carbocycles. The van der Waals surface area contributed by atoms with Gasteiger partial charge >= 0.3 is 6.18 Å². The first-order valence-electron chi connectivity index (χ1n) is 6.56. The first-order chi connectivity index (χ1) is 9.68. The minimum atomic E-state index is -4.44. The molecule has 1 aromatic heterocycles. The zero-order valence-electron chi connectivity index (χ0n) is 11.7. The number of carbonyl (C=O) groups excluding carboxylic acids is 1. The molecule has 8 heteroatoms. The minimum Gasteiger partial charge on any atom is -0.338 e. The molecule has 1 aliphatic carbocycles. The zero-order chi connectivity index (χ0) is 15.8. The van der Waals surface area contributed by atoms with Gasteiger partial charge in [0.25, 0.3) is 5.91 Å². The van der Waals surface area contributed by atoms with Crippen LogP contribution < -0.4 is 16.6 Å². The Morgan fingerprint density at radius 2 is 2.00 bits per heavy atom. The molecule has 1 heterocycles. The maximum atomic E-state index is 12.9. The molecule has 21 heavy (non-hydrogen) atoms. The van der Waals surface area contributed by atoms with E-state index < -0.39 is 17.6 Å². The molecule has 0 spiro atoms. The normalized spacial score (nSPS) is 16.7. The molecule has 116 valence electrons. The highest BCUT2D eigenvalue weighted by molar-refractivity contribution is 5.95. The topological polar surface area (TPSA) is 80.0 Å². The predicted molar refractivity (Wildman–Crippen MR) is 71.6 cm³/mol. The smallest absolute Gasteiger partial charge is 0.338 e. The summed E-state index contributed by atoms with van der Waals surface area (Å²) in [4.78, 5) is 16.2. The fourth-order valence-corrected chi connectivity index (χ4v) is 1.95. The van der Waals surface area contributed by atoms with Gasteiger partial charge < -0.3 is 10.7 Å². The lowest BCUT2D eigenvalue weighted by atomic mass is 10.1. The van der Waals surface area contributed by atoms with Crippen molar-refractivity contribution in [1.82, 2.24) is 10.3 Å². The third kappa shape index (κ3) is 3.10. The highest BCUT2D eigenvalue weighted by atomic mass is 19.4. The number of hydrogen-bond acceptors (Lipinski definition) is 4. The zero-order valence-corrected chi connectivity index (χ0v) is 11.7. The second-order valence-corrected chi connectivity index (χ2v) is 5.50. The molecular formula is C13H17F3N4O.